The van der Waals surface area contributed by atoms with E-state index in [0.717, 1.165) is 18.4 Å². The highest BCUT2D eigenvalue weighted by molar-refractivity contribution is 7.89. The molecule has 4 nitrogen and oxygen atoms in total. The van der Waals surface area contributed by atoms with Crippen molar-refractivity contribution in [2.24, 2.45) is 11.7 Å². The average molecular weight is 289 g/mol. The maximum atomic E-state index is 12.1. The van der Waals surface area contributed by atoms with Gasteiger partial charge in [-0.1, -0.05) is 24.1 Å². The van der Waals surface area contributed by atoms with Crippen molar-refractivity contribution >= 4 is 21.6 Å². The van der Waals surface area contributed by atoms with Crippen LogP contribution in [0.2, 0.25) is 5.02 Å². The van der Waals surface area contributed by atoms with Crippen LogP contribution in [0.5, 0.6) is 0 Å². The van der Waals surface area contributed by atoms with Crippen molar-refractivity contribution in [2.75, 3.05) is 6.54 Å². The molecule has 100 valence electrons. The monoisotopic (exact) mass is 288 g/mol. The topological polar surface area (TPSA) is 72.2 Å². The van der Waals surface area contributed by atoms with E-state index < -0.39 is 10.0 Å². The minimum atomic E-state index is -3.53. The molecule has 0 saturated heterocycles. The summed E-state index contributed by atoms with van der Waals surface area (Å²) >= 11 is 5.94. The highest BCUT2D eigenvalue weighted by Crippen LogP contribution is 2.27. The molecule has 6 heteroatoms. The summed E-state index contributed by atoms with van der Waals surface area (Å²) in [6, 6.07) is 4.83. The molecular weight excluding hydrogens is 272 g/mol. The average Bonchev–Trinajstić information content (AvgIpc) is 2.27. The van der Waals surface area contributed by atoms with Gasteiger partial charge in [-0.25, -0.2) is 13.1 Å². The van der Waals surface area contributed by atoms with Gasteiger partial charge in [-0.05, 0) is 36.5 Å². The van der Waals surface area contributed by atoms with E-state index >= 15 is 0 Å². The number of sulfonamides is 1. The van der Waals surface area contributed by atoms with E-state index in [2.05, 4.69) is 4.72 Å². The Labute approximate surface area is 113 Å². The molecule has 0 spiro atoms. The summed E-state index contributed by atoms with van der Waals surface area (Å²) in [6.07, 6.45) is 3.38. The molecule has 0 aliphatic heterocycles. The summed E-state index contributed by atoms with van der Waals surface area (Å²) in [4.78, 5) is 0.117. The van der Waals surface area contributed by atoms with E-state index in [1.54, 1.807) is 12.1 Å². The lowest BCUT2D eigenvalue weighted by Crippen LogP contribution is -2.32. The molecule has 1 aliphatic rings. The Bertz CT molecular complexity index is 527. The lowest BCUT2D eigenvalue weighted by atomic mass is 9.86. The zero-order chi connectivity index (χ0) is 13.2. The van der Waals surface area contributed by atoms with Crippen LogP contribution in [-0.4, -0.2) is 15.0 Å². The Hall–Kier alpha value is -0.620. The van der Waals surface area contributed by atoms with Crippen molar-refractivity contribution in [3.63, 3.8) is 0 Å². The third-order valence-electron chi connectivity index (χ3n) is 3.31. The lowest BCUT2D eigenvalue weighted by Gasteiger charge is -2.25. The second-order valence-corrected chi connectivity index (χ2v) is 6.76. The predicted octanol–water partition coefficient (Wildman–Crippen LogP) is 1.88. The van der Waals surface area contributed by atoms with Gasteiger partial charge in [0.15, 0.2) is 0 Å². The zero-order valence-corrected chi connectivity index (χ0v) is 11.6. The molecule has 2 rings (SSSR count). The molecular formula is C12H17ClN2O2S. The molecule has 1 fully saturated rings. The highest BCUT2D eigenvalue weighted by atomic mass is 35.5. The first kappa shape index (κ1) is 13.8. The van der Waals surface area contributed by atoms with E-state index in [9.17, 15) is 8.42 Å². The minimum absolute atomic E-state index is 0.117. The molecule has 18 heavy (non-hydrogen) atoms. The van der Waals surface area contributed by atoms with Gasteiger partial charge in [0.05, 0.1) is 5.02 Å². The molecule has 0 bridgehead atoms. The first-order valence-corrected chi connectivity index (χ1v) is 7.87. The Morgan fingerprint density at radius 1 is 1.39 bits per heavy atom. The Kier molecular flexibility index (Phi) is 4.27. The highest BCUT2D eigenvalue weighted by Gasteiger charge is 2.23. The van der Waals surface area contributed by atoms with Crippen LogP contribution in [0.25, 0.3) is 0 Å². The van der Waals surface area contributed by atoms with Gasteiger partial charge in [-0.2, -0.15) is 0 Å². The van der Waals surface area contributed by atoms with Crippen LogP contribution < -0.4 is 10.5 Å². The predicted molar refractivity (Wildman–Crippen MR) is 71.9 cm³/mol. The molecule has 3 N–H and O–H groups in total. The van der Waals surface area contributed by atoms with Crippen molar-refractivity contribution in [3.05, 3.63) is 28.8 Å². The van der Waals surface area contributed by atoms with Gasteiger partial charge in [0.1, 0.15) is 4.90 Å². The van der Waals surface area contributed by atoms with Crippen molar-refractivity contribution in [1.29, 1.82) is 0 Å². The fourth-order valence-corrected chi connectivity index (χ4v) is 3.55. The number of halogens is 1. The van der Waals surface area contributed by atoms with Crippen LogP contribution in [-0.2, 0) is 16.6 Å². The summed E-state index contributed by atoms with van der Waals surface area (Å²) in [5, 5.41) is 0.230. The minimum Gasteiger partial charge on any atom is -0.326 e. The molecule has 0 unspecified atom stereocenters. The Morgan fingerprint density at radius 2 is 2.11 bits per heavy atom. The van der Waals surface area contributed by atoms with E-state index in [-0.39, 0.29) is 9.92 Å². The number of benzene rings is 1. The number of nitrogens with one attached hydrogen (secondary N) is 1. The van der Waals surface area contributed by atoms with Gasteiger partial charge in [-0.3, -0.25) is 0 Å². The summed E-state index contributed by atoms with van der Waals surface area (Å²) in [6.45, 7) is 0.786. The molecule has 0 heterocycles. The van der Waals surface area contributed by atoms with Crippen LogP contribution in [0, 0.1) is 5.92 Å². The fourth-order valence-electron chi connectivity index (χ4n) is 1.88. The van der Waals surface area contributed by atoms with Gasteiger partial charge in [0.25, 0.3) is 0 Å². The first-order chi connectivity index (χ1) is 8.53. The van der Waals surface area contributed by atoms with Gasteiger partial charge in [-0.15, -0.1) is 0 Å². The zero-order valence-electron chi connectivity index (χ0n) is 10.0. The molecule has 0 aromatic heterocycles. The van der Waals surface area contributed by atoms with E-state index in [1.807, 2.05) is 0 Å². The van der Waals surface area contributed by atoms with Crippen molar-refractivity contribution < 1.29 is 8.42 Å². The van der Waals surface area contributed by atoms with Crippen LogP contribution in [0.3, 0.4) is 0 Å². The molecule has 0 radical (unpaired) electrons. The fraction of sp³-hybridized carbons (Fsp3) is 0.500. The standard InChI is InChI=1S/C12H17ClN2O2S/c13-11-5-4-10(7-14)6-12(11)18(16,17)15-8-9-2-1-3-9/h4-6,9,15H,1-3,7-8,14H2. The normalized spacial score (nSPS) is 16.6. The number of hydrogen-bond acceptors (Lipinski definition) is 3. The second kappa shape index (κ2) is 5.57. The maximum absolute atomic E-state index is 12.1. The van der Waals surface area contributed by atoms with Crippen molar-refractivity contribution in [3.8, 4) is 0 Å². The van der Waals surface area contributed by atoms with E-state index in [4.69, 9.17) is 17.3 Å². The van der Waals surface area contributed by atoms with Crippen LogP contribution in [0.15, 0.2) is 23.1 Å². The lowest BCUT2D eigenvalue weighted by molar-refractivity contribution is 0.316. The SMILES string of the molecule is NCc1ccc(Cl)c(S(=O)(=O)NCC2CCC2)c1. The van der Waals surface area contributed by atoms with E-state index in [0.29, 0.717) is 19.0 Å². The molecule has 0 amide bonds. The Balaban J connectivity index is 2.16. The van der Waals surface area contributed by atoms with Crippen LogP contribution in [0.1, 0.15) is 24.8 Å². The van der Waals surface area contributed by atoms with Crippen LogP contribution >= 0.6 is 11.6 Å². The summed E-state index contributed by atoms with van der Waals surface area (Å²) in [5.74, 6) is 0.469. The third kappa shape index (κ3) is 3.03. The van der Waals surface area contributed by atoms with Crippen molar-refractivity contribution in [2.45, 2.75) is 30.7 Å². The van der Waals surface area contributed by atoms with Gasteiger partial charge >= 0.3 is 0 Å². The number of hydrogen-bond donors (Lipinski definition) is 2. The Morgan fingerprint density at radius 3 is 2.67 bits per heavy atom. The molecule has 1 aromatic rings. The number of nitrogens with two attached hydrogens (primary N) is 1. The van der Waals surface area contributed by atoms with Gasteiger partial charge < -0.3 is 5.73 Å². The summed E-state index contributed by atoms with van der Waals surface area (Å²) in [7, 11) is -3.53. The first-order valence-electron chi connectivity index (χ1n) is 6.01. The largest absolute Gasteiger partial charge is 0.326 e. The maximum Gasteiger partial charge on any atom is 0.242 e. The summed E-state index contributed by atoms with van der Waals surface area (Å²) in [5.41, 5.74) is 6.26. The number of rotatable bonds is 5. The summed E-state index contributed by atoms with van der Waals surface area (Å²) < 4.78 is 26.9. The second-order valence-electron chi connectivity index (χ2n) is 4.62. The molecule has 1 aliphatic carbocycles. The molecule has 0 atom stereocenters. The van der Waals surface area contributed by atoms with Crippen molar-refractivity contribution in [1.82, 2.24) is 4.72 Å². The van der Waals surface area contributed by atoms with Gasteiger partial charge in [0.2, 0.25) is 10.0 Å². The third-order valence-corrected chi connectivity index (χ3v) is 5.21. The van der Waals surface area contributed by atoms with Gasteiger partial charge in [0, 0.05) is 13.1 Å². The molecule has 1 aromatic carbocycles. The quantitative estimate of drug-likeness (QED) is 0.869. The van der Waals surface area contributed by atoms with Crippen LogP contribution in [0.4, 0.5) is 0 Å². The smallest absolute Gasteiger partial charge is 0.242 e. The van der Waals surface area contributed by atoms with E-state index in [1.165, 1.54) is 12.5 Å². The molecule has 1 saturated carbocycles.